The van der Waals surface area contributed by atoms with Gasteiger partial charge < -0.3 is 14.2 Å². The third-order valence-corrected chi connectivity index (χ3v) is 1.76. The SMILES string of the molecule is CCOC(=O)/C=C\[C@H]1COC(C)(C)O1. The predicted molar refractivity (Wildman–Crippen MR) is 50.7 cm³/mol. The van der Waals surface area contributed by atoms with Crippen LogP contribution in [-0.4, -0.2) is 31.1 Å². The van der Waals surface area contributed by atoms with Gasteiger partial charge in [-0.3, -0.25) is 0 Å². The van der Waals surface area contributed by atoms with Crippen molar-refractivity contribution in [1.29, 1.82) is 0 Å². The first-order valence-electron chi connectivity index (χ1n) is 4.70. The summed E-state index contributed by atoms with van der Waals surface area (Å²) in [6, 6.07) is 0. The number of rotatable bonds is 3. The number of hydrogen-bond acceptors (Lipinski definition) is 4. The van der Waals surface area contributed by atoms with E-state index >= 15 is 0 Å². The lowest BCUT2D eigenvalue weighted by Crippen LogP contribution is -2.20. The maximum absolute atomic E-state index is 11.0. The van der Waals surface area contributed by atoms with Gasteiger partial charge in [-0.05, 0) is 26.8 Å². The molecule has 0 saturated carbocycles. The summed E-state index contributed by atoms with van der Waals surface area (Å²) in [4.78, 5) is 11.0. The van der Waals surface area contributed by atoms with Gasteiger partial charge in [0.15, 0.2) is 5.79 Å². The Labute approximate surface area is 83.8 Å². The van der Waals surface area contributed by atoms with E-state index in [-0.39, 0.29) is 12.1 Å². The first-order valence-corrected chi connectivity index (χ1v) is 4.70. The molecule has 4 heteroatoms. The standard InChI is InChI=1S/C10H16O4/c1-4-12-9(11)6-5-8-7-13-10(2,3)14-8/h5-6,8H,4,7H2,1-3H3/b6-5-/t8-/m0/s1. The Kier molecular flexibility index (Phi) is 3.66. The van der Waals surface area contributed by atoms with Crippen molar-refractivity contribution < 1.29 is 19.0 Å². The van der Waals surface area contributed by atoms with E-state index in [1.807, 2.05) is 13.8 Å². The second-order valence-electron chi connectivity index (χ2n) is 3.48. The van der Waals surface area contributed by atoms with E-state index in [2.05, 4.69) is 0 Å². The lowest BCUT2D eigenvalue weighted by Gasteiger charge is -2.15. The van der Waals surface area contributed by atoms with Crippen LogP contribution < -0.4 is 0 Å². The summed E-state index contributed by atoms with van der Waals surface area (Å²) in [5.41, 5.74) is 0. The number of hydrogen-bond donors (Lipinski definition) is 0. The van der Waals surface area contributed by atoms with Gasteiger partial charge in [0, 0.05) is 6.08 Å². The van der Waals surface area contributed by atoms with Crippen molar-refractivity contribution in [2.24, 2.45) is 0 Å². The molecular weight excluding hydrogens is 184 g/mol. The molecule has 80 valence electrons. The number of ether oxygens (including phenoxy) is 3. The zero-order chi connectivity index (χ0) is 10.6. The van der Waals surface area contributed by atoms with Crippen LogP contribution >= 0.6 is 0 Å². The molecule has 1 saturated heterocycles. The molecule has 0 spiro atoms. The summed E-state index contributed by atoms with van der Waals surface area (Å²) >= 11 is 0. The molecule has 0 aromatic carbocycles. The lowest BCUT2D eigenvalue weighted by atomic mass is 10.3. The van der Waals surface area contributed by atoms with Crippen LogP contribution in [0.5, 0.6) is 0 Å². The van der Waals surface area contributed by atoms with Crippen molar-refractivity contribution in [2.75, 3.05) is 13.2 Å². The molecule has 4 nitrogen and oxygen atoms in total. The van der Waals surface area contributed by atoms with E-state index in [1.165, 1.54) is 6.08 Å². The first-order chi connectivity index (χ1) is 6.53. The van der Waals surface area contributed by atoms with Crippen molar-refractivity contribution in [3.05, 3.63) is 12.2 Å². The molecule has 1 atom stereocenters. The molecule has 14 heavy (non-hydrogen) atoms. The van der Waals surface area contributed by atoms with E-state index in [1.54, 1.807) is 13.0 Å². The smallest absolute Gasteiger partial charge is 0.330 e. The summed E-state index contributed by atoms with van der Waals surface area (Å²) in [6.45, 7) is 6.31. The maximum Gasteiger partial charge on any atom is 0.330 e. The highest BCUT2D eigenvalue weighted by molar-refractivity contribution is 5.81. The number of carbonyl (C=O) groups excluding carboxylic acids is 1. The van der Waals surface area contributed by atoms with E-state index in [9.17, 15) is 4.79 Å². The van der Waals surface area contributed by atoms with Crippen molar-refractivity contribution >= 4 is 5.97 Å². The van der Waals surface area contributed by atoms with Gasteiger partial charge in [0.25, 0.3) is 0 Å². The molecule has 0 N–H and O–H groups in total. The van der Waals surface area contributed by atoms with Crippen molar-refractivity contribution in [3.8, 4) is 0 Å². The molecule has 1 rings (SSSR count). The molecule has 1 heterocycles. The van der Waals surface area contributed by atoms with Crippen LogP contribution in [0.3, 0.4) is 0 Å². The van der Waals surface area contributed by atoms with Gasteiger partial charge in [0.2, 0.25) is 0 Å². The normalized spacial score (nSPS) is 25.5. The Hall–Kier alpha value is -0.870. The molecule has 0 aromatic rings. The molecule has 0 unspecified atom stereocenters. The fourth-order valence-electron chi connectivity index (χ4n) is 1.19. The highest BCUT2D eigenvalue weighted by Crippen LogP contribution is 2.22. The topological polar surface area (TPSA) is 44.8 Å². The van der Waals surface area contributed by atoms with Gasteiger partial charge in [-0.1, -0.05) is 0 Å². The fourth-order valence-corrected chi connectivity index (χ4v) is 1.19. The zero-order valence-corrected chi connectivity index (χ0v) is 8.78. The molecule has 0 radical (unpaired) electrons. The van der Waals surface area contributed by atoms with Gasteiger partial charge in [0.1, 0.15) is 6.10 Å². The maximum atomic E-state index is 11.0. The third-order valence-electron chi connectivity index (χ3n) is 1.76. The highest BCUT2D eigenvalue weighted by Gasteiger charge is 2.31. The Balaban J connectivity index is 2.35. The minimum absolute atomic E-state index is 0.158. The average molecular weight is 200 g/mol. The summed E-state index contributed by atoms with van der Waals surface area (Å²) < 4.78 is 15.5. The summed E-state index contributed by atoms with van der Waals surface area (Å²) in [7, 11) is 0. The van der Waals surface area contributed by atoms with Gasteiger partial charge in [-0.25, -0.2) is 4.79 Å². The minimum atomic E-state index is -0.552. The van der Waals surface area contributed by atoms with Crippen LogP contribution in [0.1, 0.15) is 20.8 Å². The van der Waals surface area contributed by atoms with Gasteiger partial charge in [-0.2, -0.15) is 0 Å². The molecule has 0 aromatic heterocycles. The van der Waals surface area contributed by atoms with Crippen LogP contribution in [0.25, 0.3) is 0 Å². The summed E-state index contributed by atoms with van der Waals surface area (Å²) in [5.74, 6) is -0.898. The Bertz CT molecular complexity index is 232. The molecule has 1 aliphatic heterocycles. The highest BCUT2D eigenvalue weighted by atomic mass is 16.7. The Morgan fingerprint density at radius 1 is 1.64 bits per heavy atom. The second-order valence-corrected chi connectivity index (χ2v) is 3.48. The van der Waals surface area contributed by atoms with Crippen LogP contribution in [0.15, 0.2) is 12.2 Å². The Morgan fingerprint density at radius 2 is 2.36 bits per heavy atom. The monoisotopic (exact) mass is 200 g/mol. The molecule has 0 amide bonds. The molecule has 0 bridgehead atoms. The van der Waals surface area contributed by atoms with Crippen LogP contribution in [-0.2, 0) is 19.0 Å². The molecule has 0 aliphatic carbocycles. The number of esters is 1. The third kappa shape index (κ3) is 3.47. The van der Waals surface area contributed by atoms with Crippen LogP contribution in [0.4, 0.5) is 0 Å². The van der Waals surface area contributed by atoms with E-state index in [4.69, 9.17) is 14.2 Å². The fraction of sp³-hybridized carbons (Fsp3) is 0.700. The summed E-state index contributed by atoms with van der Waals surface area (Å²) in [5, 5.41) is 0. The van der Waals surface area contributed by atoms with Crippen LogP contribution in [0, 0.1) is 0 Å². The van der Waals surface area contributed by atoms with Gasteiger partial charge in [0.05, 0.1) is 13.2 Å². The first kappa shape index (κ1) is 11.2. The largest absolute Gasteiger partial charge is 0.463 e. The number of carbonyl (C=O) groups is 1. The van der Waals surface area contributed by atoms with Crippen molar-refractivity contribution in [2.45, 2.75) is 32.7 Å². The molecule has 1 aliphatic rings. The second kappa shape index (κ2) is 4.57. The van der Waals surface area contributed by atoms with Crippen molar-refractivity contribution in [3.63, 3.8) is 0 Å². The van der Waals surface area contributed by atoms with Gasteiger partial charge in [-0.15, -0.1) is 0 Å². The van der Waals surface area contributed by atoms with E-state index in [0.29, 0.717) is 13.2 Å². The lowest BCUT2D eigenvalue weighted by molar-refractivity contribution is -0.138. The van der Waals surface area contributed by atoms with E-state index < -0.39 is 5.79 Å². The molecule has 1 fully saturated rings. The summed E-state index contributed by atoms with van der Waals surface area (Å²) in [6.07, 6.45) is 2.88. The average Bonchev–Trinajstić information content (AvgIpc) is 2.43. The molecular formula is C10H16O4. The Morgan fingerprint density at radius 3 is 2.86 bits per heavy atom. The predicted octanol–water partition coefficient (Wildman–Crippen LogP) is 1.26. The van der Waals surface area contributed by atoms with Crippen LogP contribution in [0.2, 0.25) is 0 Å². The van der Waals surface area contributed by atoms with Gasteiger partial charge >= 0.3 is 5.97 Å². The quantitative estimate of drug-likeness (QED) is 0.508. The zero-order valence-electron chi connectivity index (χ0n) is 8.78. The minimum Gasteiger partial charge on any atom is -0.463 e. The van der Waals surface area contributed by atoms with E-state index in [0.717, 1.165) is 0 Å². The van der Waals surface area contributed by atoms with Crippen molar-refractivity contribution in [1.82, 2.24) is 0 Å².